The van der Waals surface area contributed by atoms with Gasteiger partial charge in [-0.25, -0.2) is 15.2 Å². The lowest BCUT2D eigenvalue weighted by Crippen LogP contribution is -2.35. The van der Waals surface area contributed by atoms with E-state index in [1.807, 2.05) is 49.3 Å². The van der Waals surface area contributed by atoms with Gasteiger partial charge in [-0.2, -0.15) is 4.89 Å². The van der Waals surface area contributed by atoms with Crippen LogP contribution in [-0.4, -0.2) is 137 Å². The maximum Gasteiger partial charge on any atom is 0.263 e. The predicted molar refractivity (Wildman–Crippen MR) is 199 cm³/mol. The normalized spacial score (nSPS) is 21.3. The molecule has 1 unspecified atom stereocenters. The van der Waals surface area contributed by atoms with E-state index in [-0.39, 0.29) is 19.8 Å². The van der Waals surface area contributed by atoms with Gasteiger partial charge in [-0.15, -0.1) is 0 Å². The van der Waals surface area contributed by atoms with Crippen molar-refractivity contribution in [2.75, 3.05) is 125 Å². The van der Waals surface area contributed by atoms with Gasteiger partial charge in [0.25, 0.3) is 5.72 Å². The zero-order valence-electron chi connectivity index (χ0n) is 30.9. The molecule has 0 saturated carbocycles. The number of benzene rings is 3. The first-order valence-corrected chi connectivity index (χ1v) is 18.1. The lowest BCUT2D eigenvalue weighted by molar-refractivity contribution is -0.302. The monoisotopic (exact) mass is 751 g/mol. The van der Waals surface area contributed by atoms with E-state index in [1.165, 1.54) is 0 Å². The third-order valence-corrected chi connectivity index (χ3v) is 8.56. The summed E-state index contributed by atoms with van der Waals surface area (Å²) in [7, 11) is 3.94. The Labute approximate surface area is 315 Å². The second-order valence-electron chi connectivity index (χ2n) is 12.5. The standard InChI is InChI=1S/C39H49N3O12/c1-42(2)32-7-3-29(4-8-32)38-40-37(30-5-9-33-35(27-30)52-25-21-48-17-13-44-11-15-46-19-23-50-33)39(41-38,54-43)31-6-10-34-36(28-31)53-26-22-49-18-14-45-12-16-47-20-24-51-34/h3-10,27-28,43H,11-26H2,1-2H3. The van der Waals surface area contributed by atoms with Crippen molar-refractivity contribution in [3.8, 4) is 23.0 Å². The largest absolute Gasteiger partial charge is 0.487 e. The molecule has 0 fully saturated rings. The molecule has 292 valence electrons. The molecule has 15 heteroatoms. The van der Waals surface area contributed by atoms with Crippen molar-refractivity contribution in [3.63, 3.8) is 0 Å². The van der Waals surface area contributed by atoms with Gasteiger partial charge in [-0.05, 0) is 60.7 Å². The fourth-order valence-corrected chi connectivity index (χ4v) is 5.79. The molecule has 0 aliphatic carbocycles. The van der Waals surface area contributed by atoms with Gasteiger partial charge in [0.15, 0.2) is 28.8 Å². The van der Waals surface area contributed by atoms with Crippen LogP contribution in [0.2, 0.25) is 0 Å². The number of fused-ring (bicyclic) bond motifs is 2. The molecule has 54 heavy (non-hydrogen) atoms. The third-order valence-electron chi connectivity index (χ3n) is 8.56. The number of rotatable bonds is 5. The summed E-state index contributed by atoms with van der Waals surface area (Å²) in [5.41, 5.74) is 1.24. The average molecular weight is 752 g/mol. The highest BCUT2D eigenvalue weighted by Gasteiger charge is 2.46. The third kappa shape index (κ3) is 10.5. The molecule has 1 N–H and O–H groups in total. The number of amidine groups is 1. The maximum atomic E-state index is 10.9. The minimum atomic E-state index is -1.81. The van der Waals surface area contributed by atoms with E-state index in [0.717, 1.165) is 11.3 Å². The highest BCUT2D eigenvalue weighted by molar-refractivity contribution is 6.20. The highest BCUT2D eigenvalue weighted by atomic mass is 17.1. The second kappa shape index (κ2) is 20.4. The molecule has 0 bridgehead atoms. The summed E-state index contributed by atoms with van der Waals surface area (Å²) in [4.78, 5) is 17.4. The molecule has 3 aliphatic heterocycles. The molecule has 0 amide bonds. The van der Waals surface area contributed by atoms with Crippen molar-refractivity contribution < 1.29 is 57.5 Å². The van der Waals surface area contributed by atoms with E-state index in [9.17, 15) is 5.26 Å². The van der Waals surface area contributed by atoms with E-state index < -0.39 is 5.72 Å². The summed E-state index contributed by atoms with van der Waals surface area (Å²) in [6, 6.07) is 18.4. The average Bonchev–Trinajstić information content (AvgIpc) is 3.59. The number of anilines is 1. The molecule has 3 aliphatic rings. The van der Waals surface area contributed by atoms with Gasteiger partial charge < -0.3 is 52.3 Å². The zero-order chi connectivity index (χ0) is 37.4. The lowest BCUT2D eigenvalue weighted by Gasteiger charge is -2.26. The first-order chi connectivity index (χ1) is 26.6. The molecule has 0 radical (unpaired) electrons. The van der Waals surface area contributed by atoms with Crippen molar-refractivity contribution in [2.45, 2.75) is 5.72 Å². The Balaban J connectivity index is 1.37. The number of hydrogen-bond acceptors (Lipinski definition) is 15. The molecule has 3 aromatic rings. The van der Waals surface area contributed by atoms with E-state index in [0.29, 0.717) is 132 Å². The van der Waals surface area contributed by atoms with Gasteiger partial charge in [0.05, 0.1) is 79.3 Å². The second-order valence-corrected chi connectivity index (χ2v) is 12.5. The summed E-state index contributed by atoms with van der Waals surface area (Å²) < 4.78 is 58.2. The van der Waals surface area contributed by atoms with Gasteiger partial charge in [0.2, 0.25) is 0 Å². The summed E-state index contributed by atoms with van der Waals surface area (Å²) in [5, 5.41) is 10.9. The van der Waals surface area contributed by atoms with Gasteiger partial charge in [-0.3, -0.25) is 0 Å². The summed E-state index contributed by atoms with van der Waals surface area (Å²) >= 11 is 0. The van der Waals surface area contributed by atoms with E-state index in [1.54, 1.807) is 30.3 Å². The molecule has 0 saturated heterocycles. The van der Waals surface area contributed by atoms with Crippen molar-refractivity contribution in [1.29, 1.82) is 0 Å². The first-order valence-electron chi connectivity index (χ1n) is 18.1. The van der Waals surface area contributed by atoms with E-state index >= 15 is 0 Å². The number of aliphatic imine (C=N–C) groups is 2. The minimum Gasteiger partial charge on any atom is -0.487 e. The van der Waals surface area contributed by atoms with Gasteiger partial charge in [0.1, 0.15) is 32.1 Å². The van der Waals surface area contributed by atoms with Crippen molar-refractivity contribution >= 4 is 17.2 Å². The van der Waals surface area contributed by atoms with Crippen molar-refractivity contribution in [3.05, 3.63) is 77.4 Å². The van der Waals surface area contributed by atoms with Gasteiger partial charge in [-0.1, -0.05) is 0 Å². The van der Waals surface area contributed by atoms with Gasteiger partial charge in [0, 0.05) is 36.5 Å². The SMILES string of the molecule is CN(C)c1ccc(C2=NC(OO)(c3ccc4c(c3)OCCOCCOCCOCCO4)C(c3ccc4c(c3)OCCOCCOCCOCCO4)=N2)cc1. The van der Waals surface area contributed by atoms with Crippen LogP contribution >= 0.6 is 0 Å². The lowest BCUT2D eigenvalue weighted by atomic mass is 9.93. The van der Waals surface area contributed by atoms with Crippen LogP contribution in [0.5, 0.6) is 23.0 Å². The summed E-state index contributed by atoms with van der Waals surface area (Å²) in [5.74, 6) is 2.19. The molecule has 15 nitrogen and oxygen atoms in total. The molecular formula is C39H49N3O12. The van der Waals surface area contributed by atoms with Crippen LogP contribution in [0.4, 0.5) is 5.69 Å². The Hall–Kier alpha value is -4.32. The number of nitrogens with zero attached hydrogens (tertiary/aromatic N) is 3. The van der Waals surface area contributed by atoms with Crippen LogP contribution in [0.1, 0.15) is 16.7 Å². The van der Waals surface area contributed by atoms with Crippen LogP contribution in [0.3, 0.4) is 0 Å². The molecule has 3 heterocycles. The van der Waals surface area contributed by atoms with E-state index in [4.69, 9.17) is 62.2 Å². The Morgan fingerprint density at radius 3 is 1.43 bits per heavy atom. The zero-order valence-corrected chi connectivity index (χ0v) is 30.9. The fourth-order valence-electron chi connectivity index (χ4n) is 5.79. The fraction of sp³-hybridized carbons (Fsp3) is 0.487. The molecule has 0 aromatic heterocycles. The van der Waals surface area contributed by atoms with Crippen LogP contribution in [-0.2, 0) is 39.0 Å². The quantitative estimate of drug-likeness (QED) is 0.296. The topological polar surface area (TPSA) is 150 Å². The molecule has 0 spiro atoms. The highest BCUT2D eigenvalue weighted by Crippen LogP contribution is 2.42. The Morgan fingerprint density at radius 2 is 0.944 bits per heavy atom. The molecule has 3 aromatic carbocycles. The van der Waals surface area contributed by atoms with E-state index in [2.05, 4.69) is 0 Å². The summed E-state index contributed by atoms with van der Waals surface area (Å²) in [6.07, 6.45) is 0. The number of ether oxygens (including phenoxy) is 10. The van der Waals surface area contributed by atoms with Crippen LogP contribution < -0.4 is 23.8 Å². The Morgan fingerprint density at radius 1 is 0.519 bits per heavy atom. The Kier molecular flexibility index (Phi) is 14.9. The molecular weight excluding hydrogens is 702 g/mol. The molecule has 6 rings (SSSR count). The van der Waals surface area contributed by atoms with Crippen molar-refractivity contribution in [1.82, 2.24) is 0 Å². The van der Waals surface area contributed by atoms with Crippen molar-refractivity contribution in [2.24, 2.45) is 9.98 Å². The van der Waals surface area contributed by atoms with Crippen LogP contribution in [0, 0.1) is 0 Å². The van der Waals surface area contributed by atoms with Crippen LogP contribution in [0.15, 0.2) is 70.6 Å². The smallest absolute Gasteiger partial charge is 0.263 e. The molecule has 1 atom stereocenters. The summed E-state index contributed by atoms with van der Waals surface area (Å²) in [6.45, 7) is 6.09. The van der Waals surface area contributed by atoms with Crippen LogP contribution in [0.25, 0.3) is 0 Å². The first kappa shape index (κ1) is 39.4. The minimum absolute atomic E-state index is 0.237. The van der Waals surface area contributed by atoms with Gasteiger partial charge >= 0.3 is 0 Å². The number of hydrogen-bond donors (Lipinski definition) is 1. The Bertz CT molecular complexity index is 1690. The predicted octanol–water partition coefficient (Wildman–Crippen LogP) is 3.99. The maximum absolute atomic E-state index is 10.9.